The van der Waals surface area contributed by atoms with Crippen molar-refractivity contribution in [1.82, 2.24) is 0 Å². The molecule has 0 radical (unpaired) electrons. The quantitative estimate of drug-likeness (QED) is 0.397. The minimum atomic E-state index is -4.11. The fourth-order valence-electron chi connectivity index (χ4n) is 2.09. The normalized spacial score (nSPS) is 12.0. The molecule has 0 aromatic heterocycles. The van der Waals surface area contributed by atoms with Crippen molar-refractivity contribution < 1.29 is 27.4 Å². The number of rotatable bonds is 8. The Balaban J connectivity index is 2.51. The van der Waals surface area contributed by atoms with Crippen LogP contribution in [-0.2, 0) is 9.53 Å². The van der Waals surface area contributed by atoms with Crippen LogP contribution in [0.15, 0.2) is 24.3 Å². The van der Waals surface area contributed by atoms with E-state index < -0.39 is 12.6 Å². The number of halogens is 3. The third kappa shape index (κ3) is 7.91. The molecule has 0 saturated carbocycles. The average molecular weight is 342 g/mol. The number of alkyl halides is 3. The standard InChI is InChI=1S/C18H21F3O3/c1-3-6-15(13-17(22)23-2)14-7-9-16(10-8-14)24-12-5-4-11-18(19,20)21/h7-10,15H,4-5,11-13H2,1-2H3. The van der Waals surface area contributed by atoms with Gasteiger partial charge in [-0.1, -0.05) is 18.1 Å². The van der Waals surface area contributed by atoms with E-state index in [1.165, 1.54) is 7.11 Å². The number of esters is 1. The third-order valence-corrected chi connectivity index (χ3v) is 3.32. The van der Waals surface area contributed by atoms with Gasteiger partial charge in [0.15, 0.2) is 0 Å². The Hall–Kier alpha value is -2.16. The van der Waals surface area contributed by atoms with Gasteiger partial charge in [0.2, 0.25) is 0 Å². The van der Waals surface area contributed by atoms with Gasteiger partial charge in [-0.05, 0) is 37.5 Å². The molecule has 0 fully saturated rings. The minimum Gasteiger partial charge on any atom is -0.494 e. The van der Waals surface area contributed by atoms with Gasteiger partial charge in [-0.25, -0.2) is 0 Å². The number of hydrogen-bond acceptors (Lipinski definition) is 3. The van der Waals surface area contributed by atoms with Crippen LogP contribution in [0.1, 0.15) is 44.1 Å². The van der Waals surface area contributed by atoms with Crippen LogP contribution in [0.2, 0.25) is 0 Å². The second-order valence-corrected chi connectivity index (χ2v) is 5.22. The highest BCUT2D eigenvalue weighted by Gasteiger charge is 2.25. The lowest BCUT2D eigenvalue weighted by Crippen LogP contribution is -2.08. The van der Waals surface area contributed by atoms with Gasteiger partial charge in [-0.2, -0.15) is 13.2 Å². The van der Waals surface area contributed by atoms with Crippen molar-refractivity contribution in [3.63, 3.8) is 0 Å². The van der Waals surface area contributed by atoms with E-state index >= 15 is 0 Å². The summed E-state index contributed by atoms with van der Waals surface area (Å²) in [5, 5.41) is 0. The van der Waals surface area contributed by atoms with Crippen molar-refractivity contribution in [1.29, 1.82) is 0 Å². The van der Waals surface area contributed by atoms with Crippen molar-refractivity contribution in [2.24, 2.45) is 0 Å². The second-order valence-electron chi connectivity index (χ2n) is 5.22. The Morgan fingerprint density at radius 2 is 1.88 bits per heavy atom. The maximum atomic E-state index is 12.0. The monoisotopic (exact) mass is 342 g/mol. The molecule has 24 heavy (non-hydrogen) atoms. The molecule has 6 heteroatoms. The van der Waals surface area contributed by atoms with Gasteiger partial charge in [0.05, 0.1) is 26.1 Å². The molecule has 0 aliphatic heterocycles. The van der Waals surface area contributed by atoms with Crippen LogP contribution in [0.3, 0.4) is 0 Å². The zero-order valence-corrected chi connectivity index (χ0v) is 13.8. The molecule has 0 aliphatic rings. The maximum absolute atomic E-state index is 12.0. The van der Waals surface area contributed by atoms with Gasteiger partial charge in [-0.15, -0.1) is 5.92 Å². The summed E-state index contributed by atoms with van der Waals surface area (Å²) in [4.78, 5) is 11.4. The predicted molar refractivity (Wildman–Crippen MR) is 84.7 cm³/mol. The van der Waals surface area contributed by atoms with E-state index in [9.17, 15) is 18.0 Å². The van der Waals surface area contributed by atoms with Crippen molar-refractivity contribution in [3.8, 4) is 17.6 Å². The molecule has 0 N–H and O–H groups in total. The van der Waals surface area contributed by atoms with Crippen LogP contribution in [0.25, 0.3) is 0 Å². The largest absolute Gasteiger partial charge is 0.494 e. The molecular formula is C18H21F3O3. The Labute approximate surface area is 140 Å². The molecule has 0 saturated heterocycles. The predicted octanol–water partition coefficient (Wildman–Crippen LogP) is 4.47. The van der Waals surface area contributed by atoms with E-state index in [-0.39, 0.29) is 31.3 Å². The molecule has 1 unspecified atom stereocenters. The highest BCUT2D eigenvalue weighted by Crippen LogP contribution is 2.24. The molecular weight excluding hydrogens is 321 g/mol. The first kappa shape index (κ1) is 19.9. The smallest absolute Gasteiger partial charge is 0.389 e. The van der Waals surface area contributed by atoms with E-state index in [2.05, 4.69) is 16.6 Å². The Kier molecular flexibility index (Phi) is 8.17. The maximum Gasteiger partial charge on any atom is 0.389 e. The first-order chi connectivity index (χ1) is 11.4. The van der Waals surface area contributed by atoms with E-state index in [4.69, 9.17) is 4.74 Å². The van der Waals surface area contributed by atoms with Crippen LogP contribution < -0.4 is 4.74 Å². The minimum absolute atomic E-state index is 0.0505. The van der Waals surface area contributed by atoms with Gasteiger partial charge >= 0.3 is 12.1 Å². The number of benzene rings is 1. The number of carbonyl (C=O) groups excluding carboxylic acids is 1. The third-order valence-electron chi connectivity index (χ3n) is 3.32. The van der Waals surface area contributed by atoms with Gasteiger partial charge < -0.3 is 9.47 Å². The molecule has 132 valence electrons. The van der Waals surface area contributed by atoms with E-state index in [0.29, 0.717) is 12.2 Å². The molecule has 1 aromatic rings. The number of unbranched alkanes of at least 4 members (excludes halogenated alkanes) is 1. The van der Waals surface area contributed by atoms with Crippen molar-refractivity contribution in [2.75, 3.05) is 13.7 Å². The van der Waals surface area contributed by atoms with Crippen LogP contribution >= 0.6 is 0 Å². The topological polar surface area (TPSA) is 35.5 Å². The summed E-state index contributed by atoms with van der Waals surface area (Å²) in [6.07, 6.45) is -4.35. The van der Waals surface area contributed by atoms with Crippen LogP contribution in [-0.4, -0.2) is 25.9 Å². The summed E-state index contributed by atoms with van der Waals surface area (Å²) in [5.41, 5.74) is 0.860. The van der Waals surface area contributed by atoms with Crippen molar-refractivity contribution in [3.05, 3.63) is 29.8 Å². The van der Waals surface area contributed by atoms with Crippen LogP contribution in [0.5, 0.6) is 5.75 Å². The highest BCUT2D eigenvalue weighted by molar-refractivity contribution is 5.71. The molecule has 1 aromatic carbocycles. The Bertz CT molecular complexity index is 568. The number of carbonyl (C=O) groups is 1. The summed E-state index contributed by atoms with van der Waals surface area (Å²) in [6, 6.07) is 7.04. The van der Waals surface area contributed by atoms with E-state index in [0.717, 1.165) is 5.56 Å². The summed E-state index contributed by atoms with van der Waals surface area (Å²) in [6.45, 7) is 1.93. The zero-order chi connectivity index (χ0) is 18.0. The summed E-state index contributed by atoms with van der Waals surface area (Å²) in [7, 11) is 1.33. The first-order valence-electron chi connectivity index (χ1n) is 7.64. The molecule has 0 bridgehead atoms. The van der Waals surface area contributed by atoms with Gasteiger partial charge in [-0.3, -0.25) is 4.79 Å². The number of ether oxygens (including phenoxy) is 2. The second kappa shape index (κ2) is 9.86. The van der Waals surface area contributed by atoms with E-state index in [1.54, 1.807) is 31.2 Å². The van der Waals surface area contributed by atoms with Gasteiger partial charge in [0, 0.05) is 6.42 Å². The summed E-state index contributed by atoms with van der Waals surface area (Å²) in [5.74, 6) is 5.72. The molecule has 0 aliphatic carbocycles. The molecule has 1 rings (SSSR count). The first-order valence-corrected chi connectivity index (χ1v) is 7.64. The lowest BCUT2D eigenvalue weighted by molar-refractivity contribution is -0.140. The molecule has 0 amide bonds. The fourth-order valence-corrected chi connectivity index (χ4v) is 2.09. The Morgan fingerprint density at radius 1 is 1.21 bits per heavy atom. The summed E-state index contributed by atoms with van der Waals surface area (Å²) >= 11 is 0. The number of methoxy groups -OCH3 is 1. The molecule has 0 heterocycles. The van der Waals surface area contributed by atoms with Crippen LogP contribution in [0.4, 0.5) is 13.2 Å². The zero-order valence-electron chi connectivity index (χ0n) is 13.8. The van der Waals surface area contributed by atoms with Crippen molar-refractivity contribution in [2.45, 2.75) is 44.7 Å². The Morgan fingerprint density at radius 3 is 2.42 bits per heavy atom. The van der Waals surface area contributed by atoms with Crippen LogP contribution in [0, 0.1) is 11.8 Å². The molecule has 1 atom stereocenters. The van der Waals surface area contributed by atoms with E-state index in [1.807, 2.05) is 0 Å². The number of hydrogen-bond donors (Lipinski definition) is 0. The fraction of sp³-hybridized carbons (Fsp3) is 0.500. The lowest BCUT2D eigenvalue weighted by Gasteiger charge is -2.12. The summed E-state index contributed by atoms with van der Waals surface area (Å²) < 4.78 is 46.1. The SMILES string of the molecule is CC#CC(CC(=O)OC)c1ccc(OCCCCC(F)(F)F)cc1. The van der Waals surface area contributed by atoms with Gasteiger partial charge in [0.1, 0.15) is 5.75 Å². The average Bonchev–Trinajstić information content (AvgIpc) is 2.53. The highest BCUT2D eigenvalue weighted by atomic mass is 19.4. The lowest BCUT2D eigenvalue weighted by atomic mass is 9.96. The molecule has 3 nitrogen and oxygen atoms in total. The van der Waals surface area contributed by atoms with Gasteiger partial charge in [0.25, 0.3) is 0 Å². The molecule has 0 spiro atoms. The van der Waals surface area contributed by atoms with Crippen molar-refractivity contribution >= 4 is 5.97 Å².